The Morgan fingerprint density at radius 1 is 1.19 bits per heavy atom. The van der Waals surface area contributed by atoms with Crippen molar-refractivity contribution in [2.24, 2.45) is 0 Å². The maximum atomic E-state index is 13.1. The Morgan fingerprint density at radius 2 is 2.03 bits per heavy atom. The summed E-state index contributed by atoms with van der Waals surface area (Å²) in [5.41, 5.74) is 2.06. The Morgan fingerprint density at radius 3 is 2.75 bits per heavy atom. The van der Waals surface area contributed by atoms with Crippen molar-refractivity contribution in [1.82, 2.24) is 41.0 Å². The molecule has 13 nitrogen and oxygen atoms in total. The minimum atomic E-state index is -4.12. The van der Waals surface area contributed by atoms with Gasteiger partial charge in [-0.2, -0.15) is 4.21 Å². The molecular weight excluding hydrogens is 458 g/mol. The zero-order valence-corrected chi connectivity index (χ0v) is 17.9. The number of aromatic nitrogens is 6. The number of tetrazole rings is 1. The molecule has 0 unspecified atom stereocenters. The van der Waals surface area contributed by atoms with Crippen molar-refractivity contribution < 1.29 is 17.3 Å². The molecule has 0 spiro atoms. The first-order valence-electron chi connectivity index (χ1n) is 9.42. The summed E-state index contributed by atoms with van der Waals surface area (Å²) in [7, 11) is -6.81. The molecule has 1 atom stereocenters. The molecule has 1 aliphatic heterocycles. The Balaban J connectivity index is 1.75. The van der Waals surface area contributed by atoms with E-state index < -0.39 is 20.5 Å². The van der Waals surface area contributed by atoms with Gasteiger partial charge in [0.15, 0.2) is 16.3 Å². The second-order valence-electron chi connectivity index (χ2n) is 7.09. The van der Waals surface area contributed by atoms with Crippen molar-refractivity contribution >= 4 is 31.5 Å². The number of hydrogen-bond acceptors (Lipinski definition) is 11. The third-order valence-corrected chi connectivity index (χ3v) is 7.58. The van der Waals surface area contributed by atoms with Crippen LogP contribution in [0, 0.1) is 4.61 Å². The summed E-state index contributed by atoms with van der Waals surface area (Å²) in [6.45, 7) is 1.15. The van der Waals surface area contributed by atoms with Crippen molar-refractivity contribution in [2.45, 2.75) is 22.3 Å². The van der Waals surface area contributed by atoms with E-state index in [1.807, 2.05) is 0 Å². The molecule has 164 valence electrons. The SMILES string of the molecule is N#S(=O)c1c(S(=O)(=O)N[C@@H]2CCNC2)ccc(-c2ccc3nonc3c2)c1-c1nnn[nH]1. The molecule has 32 heavy (non-hydrogen) atoms. The molecule has 0 saturated carbocycles. The highest BCUT2D eigenvalue weighted by Gasteiger charge is 2.30. The molecule has 0 radical (unpaired) electrons. The Bertz CT molecular complexity index is 1540. The van der Waals surface area contributed by atoms with E-state index >= 15 is 0 Å². The molecule has 5 rings (SSSR count). The van der Waals surface area contributed by atoms with Gasteiger partial charge in [-0.25, -0.2) is 22.9 Å². The molecule has 1 fully saturated rings. The summed E-state index contributed by atoms with van der Waals surface area (Å²) in [6.07, 6.45) is 0.611. The molecule has 2 aromatic heterocycles. The normalized spacial score (nSPS) is 16.5. The van der Waals surface area contributed by atoms with Gasteiger partial charge in [0.1, 0.15) is 20.8 Å². The molecule has 1 aliphatic rings. The predicted octanol–water partition coefficient (Wildman–Crippen LogP) is 0.297. The van der Waals surface area contributed by atoms with Gasteiger partial charge in [-0.05, 0) is 63.0 Å². The molecule has 2 aromatic carbocycles. The minimum absolute atomic E-state index is 0.0374. The number of nitrogens with zero attached hydrogens (tertiary/aromatic N) is 6. The molecule has 1 saturated heterocycles. The topological polar surface area (TPSA) is 192 Å². The molecule has 4 aromatic rings. The lowest BCUT2D eigenvalue weighted by atomic mass is 9.98. The van der Waals surface area contributed by atoms with E-state index in [1.54, 1.807) is 18.2 Å². The summed E-state index contributed by atoms with van der Waals surface area (Å²) in [5, 5.41) is 24.1. The van der Waals surface area contributed by atoms with Gasteiger partial charge >= 0.3 is 0 Å². The molecular formula is C17H15N9O4S2. The van der Waals surface area contributed by atoms with Crippen LogP contribution in [0.2, 0.25) is 0 Å². The van der Waals surface area contributed by atoms with Crippen LogP contribution in [0.3, 0.4) is 0 Å². The minimum Gasteiger partial charge on any atom is -0.315 e. The monoisotopic (exact) mass is 473 g/mol. The van der Waals surface area contributed by atoms with Gasteiger partial charge in [-0.15, -0.1) is 9.71 Å². The van der Waals surface area contributed by atoms with Crippen LogP contribution < -0.4 is 10.0 Å². The van der Waals surface area contributed by atoms with Crippen LogP contribution in [-0.2, 0) is 20.5 Å². The van der Waals surface area contributed by atoms with Crippen molar-refractivity contribution in [3.63, 3.8) is 0 Å². The quantitative estimate of drug-likeness (QED) is 0.361. The number of hydrogen-bond donors (Lipinski definition) is 3. The second-order valence-corrected chi connectivity index (χ2v) is 9.68. The number of aromatic amines is 1. The van der Waals surface area contributed by atoms with E-state index in [-0.39, 0.29) is 27.2 Å². The van der Waals surface area contributed by atoms with Crippen LogP contribution >= 0.6 is 0 Å². The van der Waals surface area contributed by atoms with E-state index in [9.17, 15) is 17.2 Å². The number of nitrogens with one attached hydrogen (secondary N) is 3. The molecule has 0 amide bonds. The van der Waals surface area contributed by atoms with Gasteiger partial charge in [0.25, 0.3) is 0 Å². The van der Waals surface area contributed by atoms with Crippen LogP contribution in [0.1, 0.15) is 6.42 Å². The van der Waals surface area contributed by atoms with E-state index in [1.165, 1.54) is 12.1 Å². The number of benzene rings is 2. The second kappa shape index (κ2) is 7.89. The van der Waals surface area contributed by atoms with E-state index in [2.05, 4.69) is 41.0 Å². The van der Waals surface area contributed by atoms with Crippen LogP contribution in [0.4, 0.5) is 0 Å². The molecule has 0 bridgehead atoms. The zero-order chi connectivity index (χ0) is 22.3. The average Bonchev–Trinajstić information content (AvgIpc) is 3.54. The Labute approximate surface area is 182 Å². The predicted molar refractivity (Wildman–Crippen MR) is 110 cm³/mol. The maximum Gasteiger partial charge on any atom is 0.242 e. The first-order chi connectivity index (χ1) is 15.4. The Hall–Kier alpha value is -3.49. The van der Waals surface area contributed by atoms with Gasteiger partial charge in [0.05, 0.1) is 5.56 Å². The van der Waals surface area contributed by atoms with Gasteiger partial charge in [0, 0.05) is 12.6 Å². The first kappa shape index (κ1) is 20.4. The number of rotatable bonds is 5. The lowest BCUT2D eigenvalue weighted by molar-refractivity contribution is 0.315. The smallest absolute Gasteiger partial charge is 0.242 e. The Kier molecular flexibility index (Phi) is 5.03. The summed E-state index contributed by atoms with van der Waals surface area (Å²) >= 11 is 0. The molecule has 3 heterocycles. The van der Waals surface area contributed by atoms with Crippen LogP contribution in [0.5, 0.6) is 0 Å². The van der Waals surface area contributed by atoms with Gasteiger partial charge in [0.2, 0.25) is 10.0 Å². The van der Waals surface area contributed by atoms with Crippen molar-refractivity contribution in [1.29, 1.82) is 4.61 Å². The third kappa shape index (κ3) is 3.57. The summed E-state index contributed by atoms with van der Waals surface area (Å²) in [6, 6.07) is 7.53. The summed E-state index contributed by atoms with van der Waals surface area (Å²) < 4.78 is 56.2. The first-order valence-corrected chi connectivity index (χ1v) is 12.0. The van der Waals surface area contributed by atoms with Crippen LogP contribution in [0.15, 0.2) is 44.8 Å². The van der Waals surface area contributed by atoms with Crippen molar-refractivity contribution in [2.75, 3.05) is 13.1 Å². The molecule has 0 aliphatic carbocycles. The lowest BCUT2D eigenvalue weighted by Crippen LogP contribution is -2.36. The van der Waals surface area contributed by atoms with E-state index in [4.69, 9.17) is 4.63 Å². The van der Waals surface area contributed by atoms with Gasteiger partial charge in [-0.1, -0.05) is 12.1 Å². The number of fused-ring (bicyclic) bond motifs is 1. The average molecular weight is 474 g/mol. The van der Waals surface area contributed by atoms with Crippen LogP contribution in [0.25, 0.3) is 33.5 Å². The van der Waals surface area contributed by atoms with Crippen LogP contribution in [-0.4, -0.2) is 62.7 Å². The fraction of sp³-hybridized carbons (Fsp3) is 0.235. The molecule has 3 N–H and O–H groups in total. The number of H-pyrrole nitrogens is 1. The highest BCUT2D eigenvalue weighted by Crippen LogP contribution is 2.38. The highest BCUT2D eigenvalue weighted by atomic mass is 32.2. The molecule has 15 heteroatoms. The lowest BCUT2D eigenvalue weighted by Gasteiger charge is -2.16. The fourth-order valence-corrected chi connectivity index (χ4v) is 6.20. The fourth-order valence-electron chi connectivity index (χ4n) is 3.68. The summed E-state index contributed by atoms with van der Waals surface area (Å²) in [5.74, 6) is 0.0374. The van der Waals surface area contributed by atoms with Gasteiger partial charge in [-0.3, -0.25) is 0 Å². The highest BCUT2D eigenvalue weighted by molar-refractivity contribution is 7.90. The summed E-state index contributed by atoms with van der Waals surface area (Å²) in [4.78, 5) is -0.664. The largest absolute Gasteiger partial charge is 0.315 e. The van der Waals surface area contributed by atoms with E-state index in [0.717, 1.165) is 0 Å². The maximum absolute atomic E-state index is 13.1. The number of sulfonamides is 1. The van der Waals surface area contributed by atoms with Crippen molar-refractivity contribution in [3.05, 3.63) is 30.3 Å². The van der Waals surface area contributed by atoms with E-state index in [0.29, 0.717) is 41.7 Å². The van der Waals surface area contributed by atoms with Gasteiger partial charge < -0.3 is 5.32 Å². The van der Waals surface area contributed by atoms with Crippen molar-refractivity contribution in [3.8, 4) is 22.5 Å². The standard InChI is InChI=1S/C17H15N9O4S2/c18-31(27)16-14(32(28,29)24-10-5-6-19-8-10)4-2-11(15(16)17-20-25-26-21-17)9-1-3-12-13(7-9)23-30-22-12/h1-4,7,10,19,24H,5-6,8H2,(H,20,21,25,26)/t10-/m1/s1. The third-order valence-electron chi connectivity index (χ3n) is 5.11. The zero-order valence-electron chi connectivity index (χ0n) is 16.2.